The molecule has 3 rings (SSSR count). The van der Waals surface area contributed by atoms with Crippen molar-refractivity contribution in [3.05, 3.63) is 33.7 Å². The lowest BCUT2D eigenvalue weighted by molar-refractivity contribution is -0.996. The molecule has 0 amide bonds. The number of ether oxygens (including phenoxy) is 2. The van der Waals surface area contributed by atoms with Gasteiger partial charge in [0.15, 0.2) is 11.4 Å². The Balaban J connectivity index is 2.10. The van der Waals surface area contributed by atoms with Crippen molar-refractivity contribution in [3.8, 4) is 0 Å². The van der Waals surface area contributed by atoms with Crippen LogP contribution in [-0.4, -0.2) is 23.6 Å². The predicted molar refractivity (Wildman–Crippen MR) is 55.4 cm³/mol. The monoisotopic (exact) mass is 256 g/mol. The van der Waals surface area contributed by atoms with Crippen molar-refractivity contribution >= 4 is 11.4 Å². The maximum Gasteiger partial charge on any atom is 0.175 e. The van der Waals surface area contributed by atoms with Crippen molar-refractivity contribution in [1.82, 2.24) is 0 Å². The van der Waals surface area contributed by atoms with Crippen LogP contribution < -0.4 is 10.5 Å². The number of hydrogen-bond donors (Lipinski definition) is 4. The van der Waals surface area contributed by atoms with Crippen LogP contribution in [0.5, 0.6) is 0 Å². The third-order valence-corrected chi connectivity index (χ3v) is 3.04. The smallest absolute Gasteiger partial charge is 0.175 e. The summed E-state index contributed by atoms with van der Waals surface area (Å²) in [7, 11) is 0. The van der Waals surface area contributed by atoms with E-state index in [1.54, 1.807) is 6.07 Å². The second-order valence-electron chi connectivity index (χ2n) is 4.28. The van der Waals surface area contributed by atoms with Crippen molar-refractivity contribution in [2.75, 3.05) is 13.2 Å². The van der Waals surface area contributed by atoms with Gasteiger partial charge >= 0.3 is 0 Å². The highest BCUT2D eigenvalue weighted by molar-refractivity contribution is 5.56. The van der Waals surface area contributed by atoms with Gasteiger partial charge in [-0.05, 0) is 6.07 Å². The number of epoxide rings is 2. The van der Waals surface area contributed by atoms with Gasteiger partial charge in [-0.2, -0.15) is 10.5 Å². The molecule has 1 aromatic carbocycles. The summed E-state index contributed by atoms with van der Waals surface area (Å²) in [5.41, 5.74) is 1.02. The molecule has 2 unspecified atom stereocenters. The van der Waals surface area contributed by atoms with Crippen LogP contribution in [0.15, 0.2) is 12.1 Å². The normalized spacial score (nSPS) is 28.9. The van der Waals surface area contributed by atoms with Gasteiger partial charge < -0.3 is 19.9 Å². The second kappa shape index (κ2) is 4.23. The van der Waals surface area contributed by atoms with Gasteiger partial charge in [-0.3, -0.25) is 0 Å². The van der Waals surface area contributed by atoms with E-state index in [4.69, 9.17) is 19.9 Å². The largest absolute Gasteiger partial charge is 0.595 e. The minimum absolute atomic E-state index is 0.0145. The molecule has 18 heavy (non-hydrogen) atoms. The zero-order valence-corrected chi connectivity index (χ0v) is 9.25. The molecule has 4 atom stereocenters. The summed E-state index contributed by atoms with van der Waals surface area (Å²) in [4.78, 5) is 0. The highest BCUT2D eigenvalue weighted by Gasteiger charge is 2.37. The molecule has 0 radical (unpaired) electrons. The van der Waals surface area contributed by atoms with Crippen molar-refractivity contribution < 1.29 is 30.3 Å². The predicted octanol–water partition coefficient (Wildman–Crippen LogP) is -1.36. The molecule has 2 heterocycles. The van der Waals surface area contributed by atoms with Crippen LogP contribution in [0.2, 0.25) is 0 Å². The average Bonchev–Trinajstić information content (AvgIpc) is 3.16. The van der Waals surface area contributed by atoms with E-state index in [9.17, 15) is 10.4 Å². The number of quaternary nitrogens is 2. The lowest BCUT2D eigenvalue weighted by atomic mass is 10.0. The number of hydrogen-bond acceptors (Lipinski definition) is 6. The van der Waals surface area contributed by atoms with E-state index in [-0.39, 0.29) is 23.6 Å². The molecule has 0 spiro atoms. The molecule has 0 aromatic heterocycles. The Morgan fingerprint density at radius 1 is 0.944 bits per heavy atom. The number of nitrogens with one attached hydrogen (secondary N) is 2. The van der Waals surface area contributed by atoms with Crippen LogP contribution in [-0.2, 0) is 9.47 Å². The topological polar surface area (TPSA) is 121 Å². The van der Waals surface area contributed by atoms with E-state index in [0.717, 1.165) is 0 Å². The third kappa shape index (κ3) is 2.11. The maximum absolute atomic E-state index is 11.1. The summed E-state index contributed by atoms with van der Waals surface area (Å²) >= 11 is 0. The molecule has 8 nitrogen and oxygen atoms in total. The van der Waals surface area contributed by atoms with Gasteiger partial charge in [0.2, 0.25) is 0 Å². The molecule has 2 saturated heterocycles. The molecule has 2 aliphatic rings. The Labute approximate surface area is 102 Å². The first-order chi connectivity index (χ1) is 8.58. The second-order valence-corrected chi connectivity index (χ2v) is 4.28. The summed E-state index contributed by atoms with van der Waals surface area (Å²) < 4.78 is 10.2. The van der Waals surface area contributed by atoms with Gasteiger partial charge in [-0.25, -0.2) is 10.4 Å². The van der Waals surface area contributed by atoms with Crippen LogP contribution in [0.4, 0.5) is 11.4 Å². The summed E-state index contributed by atoms with van der Waals surface area (Å²) in [6.45, 7) is 0.940. The van der Waals surface area contributed by atoms with Crippen LogP contribution in [0.3, 0.4) is 0 Å². The minimum Gasteiger partial charge on any atom is -0.595 e. The maximum atomic E-state index is 11.1. The fourth-order valence-corrected chi connectivity index (χ4v) is 1.99. The fraction of sp³-hybridized carbons (Fsp3) is 0.400. The van der Waals surface area contributed by atoms with Crippen molar-refractivity contribution in [2.24, 2.45) is 0 Å². The Bertz CT molecular complexity index is 403. The van der Waals surface area contributed by atoms with Gasteiger partial charge in [0.05, 0.1) is 19.3 Å². The van der Waals surface area contributed by atoms with Crippen molar-refractivity contribution in [3.63, 3.8) is 0 Å². The zero-order chi connectivity index (χ0) is 12.9. The molecule has 8 heteroatoms. The van der Waals surface area contributed by atoms with E-state index in [2.05, 4.69) is 0 Å². The molecule has 0 bridgehead atoms. The summed E-state index contributed by atoms with van der Waals surface area (Å²) in [5.74, 6) is 0. The van der Waals surface area contributed by atoms with Crippen LogP contribution in [0.1, 0.15) is 23.3 Å². The van der Waals surface area contributed by atoms with Crippen LogP contribution >= 0.6 is 0 Å². The van der Waals surface area contributed by atoms with Gasteiger partial charge in [-0.15, -0.1) is 0 Å². The molecule has 98 valence electrons. The van der Waals surface area contributed by atoms with Gasteiger partial charge in [0.1, 0.15) is 12.2 Å². The minimum atomic E-state index is -1.15. The molecular formula is C10H12N2O6. The van der Waals surface area contributed by atoms with Crippen molar-refractivity contribution in [1.29, 1.82) is 0 Å². The quantitative estimate of drug-likeness (QED) is 0.390. The fourth-order valence-electron chi connectivity index (χ4n) is 1.99. The Morgan fingerprint density at radius 3 is 1.61 bits per heavy atom. The van der Waals surface area contributed by atoms with Gasteiger partial charge in [0.25, 0.3) is 0 Å². The molecular weight excluding hydrogens is 244 g/mol. The van der Waals surface area contributed by atoms with Crippen LogP contribution in [0.25, 0.3) is 0 Å². The highest BCUT2D eigenvalue weighted by Crippen LogP contribution is 2.41. The number of rotatable bonds is 4. The lowest BCUT2D eigenvalue weighted by Gasteiger charge is -2.20. The Kier molecular flexibility index (Phi) is 2.81. The first kappa shape index (κ1) is 12.0. The van der Waals surface area contributed by atoms with Crippen LogP contribution in [0, 0.1) is 10.4 Å². The van der Waals surface area contributed by atoms with Gasteiger partial charge in [-0.1, -0.05) is 0 Å². The average molecular weight is 256 g/mol. The molecule has 0 aliphatic carbocycles. The molecule has 2 fully saturated rings. The first-order valence-electron chi connectivity index (χ1n) is 5.45. The lowest BCUT2D eigenvalue weighted by Crippen LogP contribution is -3.01. The van der Waals surface area contributed by atoms with Crippen molar-refractivity contribution in [2.45, 2.75) is 12.2 Å². The standard InChI is InChI=1S/C10H12N2O6/c13-11(14)7-2-8(12(15)16)6(10-4-18-10)1-5(7)9-3-17-9/h1-2,9-13,15H,3-4H2/t9-,10-/m1/s1. The summed E-state index contributed by atoms with van der Waals surface area (Å²) in [5, 5.41) is 38.2. The first-order valence-corrected chi connectivity index (χ1v) is 5.45. The summed E-state index contributed by atoms with van der Waals surface area (Å²) in [6, 6.07) is 2.78. The Morgan fingerprint density at radius 2 is 1.33 bits per heavy atom. The number of benzene rings is 1. The zero-order valence-electron chi connectivity index (χ0n) is 9.25. The highest BCUT2D eigenvalue weighted by atomic mass is 16.8. The SMILES string of the molecule is [O-][NH+](O)c1cc([NH+]([O-])O)c([C@H]2CO2)cc1[C@H]1CO1. The molecule has 4 N–H and O–H groups in total. The van der Waals surface area contributed by atoms with E-state index < -0.39 is 10.5 Å². The molecule has 2 aliphatic heterocycles. The van der Waals surface area contributed by atoms with E-state index in [0.29, 0.717) is 24.3 Å². The van der Waals surface area contributed by atoms with E-state index in [1.807, 2.05) is 0 Å². The Hall–Kier alpha value is -1.10. The van der Waals surface area contributed by atoms with E-state index >= 15 is 0 Å². The molecule has 0 saturated carbocycles. The van der Waals surface area contributed by atoms with E-state index in [1.165, 1.54) is 6.07 Å². The molecule has 1 aromatic rings. The third-order valence-electron chi connectivity index (χ3n) is 3.04. The summed E-state index contributed by atoms with van der Waals surface area (Å²) in [6.07, 6.45) is -0.479. The van der Waals surface area contributed by atoms with Gasteiger partial charge in [0, 0.05) is 11.1 Å².